The van der Waals surface area contributed by atoms with Gasteiger partial charge in [-0.05, 0) is 12.8 Å². The molecule has 0 radical (unpaired) electrons. The molecule has 1 spiro atoms. The largest absolute Gasteiger partial charge is 0.523 e. The van der Waals surface area contributed by atoms with Crippen LogP contribution in [0.2, 0.25) is 0 Å². The van der Waals surface area contributed by atoms with Crippen molar-refractivity contribution in [2.45, 2.75) is 60.4 Å². The van der Waals surface area contributed by atoms with Crippen molar-refractivity contribution in [2.24, 2.45) is 5.92 Å². The first-order valence-corrected chi connectivity index (χ1v) is 13.8. The van der Waals surface area contributed by atoms with E-state index in [4.69, 9.17) is 15.9 Å². The van der Waals surface area contributed by atoms with E-state index in [2.05, 4.69) is 8.37 Å². The fourth-order valence-electron chi connectivity index (χ4n) is 4.21. The van der Waals surface area contributed by atoms with Gasteiger partial charge in [-0.15, -0.1) is 6.42 Å². The summed E-state index contributed by atoms with van der Waals surface area (Å²) in [4.78, 5) is 25.6. The number of nitrogens with zero attached hydrogens (tertiary/aromatic N) is 1. The summed E-state index contributed by atoms with van der Waals surface area (Å²) in [5, 5.41) is 11.1. The van der Waals surface area contributed by atoms with E-state index in [0.717, 1.165) is 12.3 Å². The van der Waals surface area contributed by atoms with Crippen LogP contribution in [0.1, 0.15) is 31.9 Å². The summed E-state index contributed by atoms with van der Waals surface area (Å²) in [5.74, 6) is -2.02. The van der Waals surface area contributed by atoms with Gasteiger partial charge in [-0.25, -0.2) is 4.79 Å². The quantitative estimate of drug-likeness (QED) is 0.167. The Morgan fingerprint density at radius 1 is 1.07 bits per heavy atom. The monoisotopic (exact) mass is 630 g/mol. The van der Waals surface area contributed by atoms with Gasteiger partial charge in [-0.3, -0.25) is 22.7 Å². The van der Waals surface area contributed by atoms with Crippen molar-refractivity contribution in [1.82, 2.24) is 9.55 Å². The molecule has 2 N–H and O–H groups in total. The number of alkyl halides is 6. The minimum Gasteiger partial charge on any atom is -0.369 e. The maximum Gasteiger partial charge on any atom is 0.523 e. The average molecular weight is 630 g/mol. The van der Waals surface area contributed by atoms with Crippen LogP contribution in [0.25, 0.3) is 0 Å². The fourth-order valence-corrected chi connectivity index (χ4v) is 5.19. The molecule has 2 fully saturated rings. The molecule has 3 atom stereocenters. The number of hydrogen-bond donors (Lipinski definition) is 2. The molecule has 40 heavy (non-hydrogen) atoms. The molecule has 1 saturated carbocycles. The van der Waals surface area contributed by atoms with Gasteiger partial charge in [0, 0.05) is 31.0 Å². The number of aromatic amines is 1. The highest BCUT2D eigenvalue weighted by atomic mass is 32.2. The predicted molar refractivity (Wildman–Crippen MR) is 117 cm³/mol. The Morgan fingerprint density at radius 2 is 1.57 bits per heavy atom. The van der Waals surface area contributed by atoms with Crippen LogP contribution in [0.5, 0.6) is 0 Å². The minimum absolute atomic E-state index is 0.0102. The lowest BCUT2D eigenvalue weighted by atomic mass is 9.86. The Kier molecular flexibility index (Phi) is 8.60. The van der Waals surface area contributed by atoms with Crippen LogP contribution < -0.4 is 11.2 Å². The zero-order valence-electron chi connectivity index (χ0n) is 19.8. The number of terminal acetylenes is 1. The van der Waals surface area contributed by atoms with Crippen LogP contribution >= 0.6 is 0 Å². The Balaban J connectivity index is 2.13. The van der Waals surface area contributed by atoms with Gasteiger partial charge in [0.15, 0.2) is 12.0 Å². The number of ether oxygens (including phenoxy) is 2. The molecule has 1 aromatic rings. The lowest BCUT2D eigenvalue weighted by Gasteiger charge is -2.36. The summed E-state index contributed by atoms with van der Waals surface area (Å²) >= 11 is 0. The maximum absolute atomic E-state index is 12.9. The lowest BCUT2D eigenvalue weighted by molar-refractivity contribution is -0.198. The molecule has 0 amide bonds. The van der Waals surface area contributed by atoms with E-state index in [1.165, 1.54) is 0 Å². The van der Waals surface area contributed by atoms with E-state index in [1.54, 1.807) is 4.98 Å². The molecule has 21 heteroatoms. The molecule has 3 rings (SSSR count). The van der Waals surface area contributed by atoms with Crippen LogP contribution in [0.3, 0.4) is 0 Å². The number of nitrogens with one attached hydrogen (secondary N) is 1. The van der Waals surface area contributed by atoms with Gasteiger partial charge < -0.3 is 14.6 Å². The van der Waals surface area contributed by atoms with Gasteiger partial charge >= 0.3 is 36.9 Å². The normalized spacial score (nSPS) is 24.4. The SMILES string of the molecule is C#C[C@@]1([C@@H](O)n2ccc(=O)[nH]c2=O)OC2(CCCC2)O[C@@H]1C(COS(=O)(=O)C(F)(F)F)COS(=O)(=O)C(F)(F)F. The molecule has 0 aromatic carbocycles. The van der Waals surface area contributed by atoms with Crippen molar-refractivity contribution < 1.29 is 66.1 Å². The average Bonchev–Trinajstić information content (AvgIpc) is 3.41. The molecule has 2 aliphatic rings. The lowest BCUT2D eigenvalue weighted by Crippen LogP contribution is -2.54. The van der Waals surface area contributed by atoms with Gasteiger partial charge in [0.25, 0.3) is 5.56 Å². The second-order valence-corrected chi connectivity index (χ2v) is 11.9. The second-order valence-electron chi connectivity index (χ2n) is 8.72. The minimum atomic E-state index is -6.39. The fraction of sp³-hybridized carbons (Fsp3) is 0.684. The van der Waals surface area contributed by atoms with E-state index < -0.39 is 85.4 Å². The number of rotatable bonds is 9. The molecule has 1 aliphatic carbocycles. The molecule has 0 unspecified atom stereocenters. The molecule has 1 aromatic heterocycles. The van der Waals surface area contributed by atoms with Crippen LogP contribution in [0, 0.1) is 18.3 Å². The van der Waals surface area contributed by atoms with E-state index in [1.807, 2.05) is 5.92 Å². The number of H-pyrrole nitrogens is 1. The maximum atomic E-state index is 12.9. The summed E-state index contributed by atoms with van der Waals surface area (Å²) in [7, 11) is -12.8. The molecule has 1 aliphatic heterocycles. The molecule has 226 valence electrons. The van der Waals surface area contributed by atoms with Crippen LogP contribution in [0.15, 0.2) is 21.9 Å². The third kappa shape index (κ3) is 6.07. The van der Waals surface area contributed by atoms with Gasteiger partial charge in [0.05, 0.1) is 13.2 Å². The third-order valence-electron chi connectivity index (χ3n) is 6.08. The number of aliphatic hydroxyl groups excluding tert-OH is 1. The number of aromatic nitrogens is 2. The Bertz CT molecular complexity index is 1430. The summed E-state index contributed by atoms with van der Waals surface area (Å²) in [6.07, 6.45) is 2.60. The second kappa shape index (κ2) is 10.7. The molecular formula is C19H20F6N2O11S2. The number of hydrogen-bond acceptors (Lipinski definition) is 11. The molecule has 0 bridgehead atoms. The molecule has 2 heterocycles. The van der Waals surface area contributed by atoms with Crippen molar-refractivity contribution in [3.8, 4) is 12.3 Å². The van der Waals surface area contributed by atoms with Gasteiger partial charge in [-0.1, -0.05) is 5.92 Å². The Labute approximate surface area is 221 Å². The molecule has 1 saturated heterocycles. The van der Waals surface area contributed by atoms with Crippen molar-refractivity contribution in [3.05, 3.63) is 33.1 Å². The van der Waals surface area contributed by atoms with Crippen LogP contribution in [-0.2, 0) is 38.1 Å². The van der Waals surface area contributed by atoms with E-state index in [9.17, 15) is 57.9 Å². The summed E-state index contributed by atoms with van der Waals surface area (Å²) in [5.41, 5.74) is -16.9. The summed E-state index contributed by atoms with van der Waals surface area (Å²) in [6, 6.07) is 0.751. The van der Waals surface area contributed by atoms with Gasteiger partial charge in [0.1, 0.15) is 6.10 Å². The highest BCUT2D eigenvalue weighted by Crippen LogP contribution is 2.51. The topological polar surface area (TPSA) is 180 Å². The van der Waals surface area contributed by atoms with Crippen molar-refractivity contribution in [3.63, 3.8) is 0 Å². The van der Waals surface area contributed by atoms with Crippen molar-refractivity contribution in [1.29, 1.82) is 0 Å². The Morgan fingerprint density at radius 3 is 2.00 bits per heavy atom. The van der Waals surface area contributed by atoms with E-state index in [-0.39, 0.29) is 12.8 Å². The van der Waals surface area contributed by atoms with E-state index >= 15 is 0 Å². The Hall–Kier alpha value is -2.48. The zero-order chi connectivity index (χ0) is 30.4. The smallest absolute Gasteiger partial charge is 0.369 e. The summed E-state index contributed by atoms with van der Waals surface area (Å²) < 4.78 is 143. The highest BCUT2D eigenvalue weighted by Gasteiger charge is 2.64. The first-order chi connectivity index (χ1) is 18.2. The third-order valence-corrected chi connectivity index (χ3v) is 8.10. The van der Waals surface area contributed by atoms with Gasteiger partial charge in [0.2, 0.25) is 5.60 Å². The number of halogens is 6. The predicted octanol–water partition coefficient (Wildman–Crippen LogP) is 0.434. The number of aliphatic hydroxyl groups is 1. The highest BCUT2D eigenvalue weighted by molar-refractivity contribution is 7.87. The first kappa shape index (κ1) is 32.0. The van der Waals surface area contributed by atoms with Crippen LogP contribution in [-0.4, -0.2) is 73.2 Å². The van der Waals surface area contributed by atoms with E-state index in [0.29, 0.717) is 17.4 Å². The van der Waals surface area contributed by atoms with Gasteiger partial charge in [-0.2, -0.15) is 43.2 Å². The molecule has 13 nitrogen and oxygen atoms in total. The van der Waals surface area contributed by atoms with Crippen molar-refractivity contribution >= 4 is 20.2 Å². The van der Waals surface area contributed by atoms with Crippen LogP contribution in [0.4, 0.5) is 26.3 Å². The zero-order valence-corrected chi connectivity index (χ0v) is 21.4. The molecular weight excluding hydrogens is 610 g/mol. The summed E-state index contributed by atoms with van der Waals surface area (Å²) in [6.45, 7) is -3.45. The first-order valence-electron chi connectivity index (χ1n) is 11.0. The standard InChI is InChI=1S/C19H20F6N2O11S2/c1-2-17(14(29)27-8-5-12(28)26-15(27)30)13(37-16(38-17)6-3-4-7-16)11(9-35-39(31,32)18(20,21)22)10-36-40(33,34)19(23,24)25/h1,5,8,11,13-14,29H,3-4,6-7,9-10H2,(H,26,28,30)/t13-,14-,17-/m1/s1. The van der Waals surface area contributed by atoms with Crippen molar-refractivity contribution in [2.75, 3.05) is 13.2 Å².